The maximum absolute atomic E-state index is 5.75. The monoisotopic (exact) mass is 289 g/mol. The average molecular weight is 289 g/mol. The first-order valence-corrected chi connectivity index (χ1v) is 7.55. The number of pyridine rings is 1. The zero-order valence-corrected chi connectivity index (χ0v) is 12.5. The molecule has 0 spiro atoms. The van der Waals surface area contributed by atoms with E-state index in [9.17, 15) is 0 Å². The van der Waals surface area contributed by atoms with Gasteiger partial charge in [-0.05, 0) is 53.8 Å². The number of ether oxygens (including phenoxy) is 1. The van der Waals surface area contributed by atoms with Crippen LogP contribution in [0.2, 0.25) is 0 Å². The second kappa shape index (κ2) is 7.41. The topological polar surface area (TPSA) is 22.1 Å². The first-order chi connectivity index (χ1) is 10.9. The summed E-state index contributed by atoms with van der Waals surface area (Å²) in [7, 11) is 0. The number of aromatic nitrogens is 1. The lowest BCUT2D eigenvalue weighted by atomic mass is 10.0. The molecule has 0 unspecified atom stereocenters. The van der Waals surface area contributed by atoms with Gasteiger partial charge in [0, 0.05) is 12.4 Å². The van der Waals surface area contributed by atoms with Crippen molar-refractivity contribution in [2.24, 2.45) is 0 Å². The van der Waals surface area contributed by atoms with E-state index in [1.165, 1.54) is 16.7 Å². The Morgan fingerprint density at radius 2 is 1.23 bits per heavy atom. The van der Waals surface area contributed by atoms with Crippen LogP contribution in [0.4, 0.5) is 0 Å². The highest BCUT2D eigenvalue weighted by Gasteiger charge is 1.98. The van der Waals surface area contributed by atoms with Gasteiger partial charge >= 0.3 is 0 Å². The van der Waals surface area contributed by atoms with E-state index in [0.29, 0.717) is 6.61 Å². The van der Waals surface area contributed by atoms with Crippen molar-refractivity contribution in [3.8, 4) is 5.75 Å². The maximum atomic E-state index is 5.75. The summed E-state index contributed by atoms with van der Waals surface area (Å²) in [6, 6.07) is 22.7. The van der Waals surface area contributed by atoms with Crippen molar-refractivity contribution in [2.45, 2.75) is 19.4 Å². The second-order valence-electron chi connectivity index (χ2n) is 5.27. The third-order valence-corrected chi connectivity index (χ3v) is 3.62. The van der Waals surface area contributed by atoms with Crippen LogP contribution in [0.5, 0.6) is 5.75 Å². The van der Waals surface area contributed by atoms with Crippen molar-refractivity contribution >= 4 is 0 Å². The number of aryl methyl sites for hydroxylation is 2. The van der Waals surface area contributed by atoms with Crippen LogP contribution in [-0.2, 0) is 19.4 Å². The lowest BCUT2D eigenvalue weighted by Crippen LogP contribution is -1.96. The van der Waals surface area contributed by atoms with Gasteiger partial charge in [0.15, 0.2) is 0 Å². The Balaban J connectivity index is 1.52. The fourth-order valence-electron chi connectivity index (χ4n) is 2.32. The molecule has 0 atom stereocenters. The van der Waals surface area contributed by atoms with Gasteiger partial charge in [0.05, 0.1) is 0 Å². The van der Waals surface area contributed by atoms with Gasteiger partial charge in [-0.1, -0.05) is 42.5 Å². The Labute approximate surface area is 131 Å². The maximum Gasteiger partial charge on any atom is 0.119 e. The number of rotatable bonds is 6. The Morgan fingerprint density at radius 1 is 0.636 bits per heavy atom. The van der Waals surface area contributed by atoms with Gasteiger partial charge in [-0.15, -0.1) is 0 Å². The Kier molecular flexibility index (Phi) is 4.83. The minimum absolute atomic E-state index is 0.606. The van der Waals surface area contributed by atoms with Crippen molar-refractivity contribution < 1.29 is 4.74 Å². The molecule has 0 amide bonds. The van der Waals surface area contributed by atoms with Gasteiger partial charge in [0.25, 0.3) is 0 Å². The minimum Gasteiger partial charge on any atom is -0.489 e. The molecule has 2 nitrogen and oxygen atoms in total. The number of benzene rings is 2. The van der Waals surface area contributed by atoms with Crippen LogP contribution in [-0.4, -0.2) is 4.98 Å². The number of para-hydroxylation sites is 1. The summed E-state index contributed by atoms with van der Waals surface area (Å²) in [6.45, 7) is 0.606. The van der Waals surface area contributed by atoms with Gasteiger partial charge in [0.2, 0.25) is 0 Å². The summed E-state index contributed by atoms with van der Waals surface area (Å²) >= 11 is 0. The SMILES string of the molecule is c1ccc(OCc2ccc(CCc3ccncc3)cc2)cc1. The Morgan fingerprint density at radius 3 is 1.91 bits per heavy atom. The van der Waals surface area contributed by atoms with Crippen molar-refractivity contribution in [1.82, 2.24) is 4.98 Å². The molecule has 3 rings (SSSR count). The van der Waals surface area contributed by atoms with Crippen molar-refractivity contribution in [3.05, 3.63) is 95.8 Å². The van der Waals surface area contributed by atoms with E-state index < -0.39 is 0 Å². The Bertz CT molecular complexity index is 615. The zero-order chi connectivity index (χ0) is 15.0. The molecule has 1 aromatic heterocycles. The molecule has 0 fully saturated rings. The molecule has 0 aliphatic heterocycles. The van der Waals surface area contributed by atoms with Crippen LogP contribution in [0.1, 0.15) is 16.7 Å². The predicted molar refractivity (Wildman–Crippen MR) is 88.9 cm³/mol. The van der Waals surface area contributed by atoms with E-state index in [-0.39, 0.29) is 0 Å². The quantitative estimate of drug-likeness (QED) is 0.669. The van der Waals surface area contributed by atoms with Crippen molar-refractivity contribution in [3.63, 3.8) is 0 Å². The second-order valence-corrected chi connectivity index (χ2v) is 5.27. The van der Waals surface area contributed by atoms with Gasteiger partial charge < -0.3 is 4.74 Å². The molecule has 0 radical (unpaired) electrons. The van der Waals surface area contributed by atoms with Gasteiger partial charge in [-0.2, -0.15) is 0 Å². The average Bonchev–Trinajstić information content (AvgIpc) is 2.61. The van der Waals surface area contributed by atoms with Crippen LogP contribution in [0.15, 0.2) is 79.1 Å². The number of hydrogen-bond acceptors (Lipinski definition) is 2. The molecule has 0 N–H and O–H groups in total. The first-order valence-electron chi connectivity index (χ1n) is 7.55. The third-order valence-electron chi connectivity index (χ3n) is 3.62. The molecule has 0 saturated heterocycles. The summed E-state index contributed by atoms with van der Waals surface area (Å²) in [5.41, 5.74) is 3.86. The Hall–Kier alpha value is -2.61. The molecule has 0 bridgehead atoms. The molecular formula is C20H19NO. The fourth-order valence-corrected chi connectivity index (χ4v) is 2.32. The van der Waals surface area contributed by atoms with E-state index >= 15 is 0 Å². The van der Waals surface area contributed by atoms with E-state index in [0.717, 1.165) is 18.6 Å². The van der Waals surface area contributed by atoms with Gasteiger partial charge in [0.1, 0.15) is 12.4 Å². The first kappa shape index (κ1) is 14.3. The van der Waals surface area contributed by atoms with Gasteiger partial charge in [-0.3, -0.25) is 4.98 Å². The largest absolute Gasteiger partial charge is 0.489 e. The van der Waals surface area contributed by atoms with E-state index in [1.54, 1.807) is 0 Å². The van der Waals surface area contributed by atoms with Crippen LogP contribution in [0.3, 0.4) is 0 Å². The van der Waals surface area contributed by atoms with Crippen LogP contribution < -0.4 is 4.74 Å². The summed E-state index contributed by atoms with van der Waals surface area (Å²) in [6.07, 6.45) is 5.78. The summed E-state index contributed by atoms with van der Waals surface area (Å²) in [5.74, 6) is 0.907. The lowest BCUT2D eigenvalue weighted by Gasteiger charge is -2.07. The molecule has 110 valence electrons. The molecule has 2 aromatic carbocycles. The highest BCUT2D eigenvalue weighted by atomic mass is 16.5. The number of hydrogen-bond donors (Lipinski definition) is 0. The predicted octanol–water partition coefficient (Wildman–Crippen LogP) is 4.45. The lowest BCUT2D eigenvalue weighted by molar-refractivity contribution is 0.306. The smallest absolute Gasteiger partial charge is 0.119 e. The van der Waals surface area contributed by atoms with Crippen LogP contribution in [0.25, 0.3) is 0 Å². The number of nitrogens with zero attached hydrogens (tertiary/aromatic N) is 1. The normalized spacial score (nSPS) is 10.4. The molecule has 1 heterocycles. The molecule has 22 heavy (non-hydrogen) atoms. The molecule has 0 aliphatic rings. The fraction of sp³-hybridized carbons (Fsp3) is 0.150. The molecule has 0 aliphatic carbocycles. The van der Waals surface area contributed by atoms with E-state index in [4.69, 9.17) is 4.74 Å². The molecule has 2 heteroatoms. The summed E-state index contributed by atoms with van der Waals surface area (Å²) in [5, 5.41) is 0. The van der Waals surface area contributed by atoms with Crippen LogP contribution in [0, 0.1) is 0 Å². The zero-order valence-electron chi connectivity index (χ0n) is 12.5. The molecular weight excluding hydrogens is 270 g/mol. The summed E-state index contributed by atoms with van der Waals surface area (Å²) < 4.78 is 5.75. The molecule has 3 aromatic rings. The standard InChI is InChI=1S/C20H19NO/c1-2-4-20(5-3-1)22-16-19-10-8-17(9-11-19)6-7-18-12-14-21-15-13-18/h1-5,8-15H,6-7,16H2. The van der Waals surface area contributed by atoms with Gasteiger partial charge in [-0.25, -0.2) is 0 Å². The highest BCUT2D eigenvalue weighted by molar-refractivity contribution is 5.25. The van der Waals surface area contributed by atoms with E-state index in [1.807, 2.05) is 42.7 Å². The minimum atomic E-state index is 0.606. The van der Waals surface area contributed by atoms with E-state index in [2.05, 4.69) is 41.4 Å². The van der Waals surface area contributed by atoms with Crippen molar-refractivity contribution in [2.75, 3.05) is 0 Å². The van der Waals surface area contributed by atoms with Crippen LogP contribution >= 0.6 is 0 Å². The third kappa shape index (κ3) is 4.19. The highest BCUT2D eigenvalue weighted by Crippen LogP contribution is 2.13. The van der Waals surface area contributed by atoms with Crippen molar-refractivity contribution in [1.29, 1.82) is 0 Å². The summed E-state index contributed by atoms with van der Waals surface area (Å²) in [4.78, 5) is 4.04. The molecule has 0 saturated carbocycles.